The molecule has 0 saturated carbocycles. The number of alkyl halides is 6. The molecule has 0 aliphatic rings. The topological polar surface area (TPSA) is 35.5 Å². The van der Waals surface area contributed by atoms with Gasteiger partial charge in [0.25, 0.3) is 0 Å². The maximum atomic E-state index is 11.4. The lowest BCUT2D eigenvalue weighted by molar-refractivity contribution is -0.163. The van der Waals surface area contributed by atoms with Gasteiger partial charge in [-0.2, -0.15) is 26.3 Å². The molecule has 0 fully saturated rings. The maximum absolute atomic E-state index is 11.4. The molecule has 0 amide bonds. The van der Waals surface area contributed by atoms with Crippen molar-refractivity contribution in [2.24, 2.45) is 0 Å². The van der Waals surface area contributed by atoms with Crippen LogP contribution in [0.25, 0.3) is 0 Å². The molecular formula is C4H5F6O3P. The van der Waals surface area contributed by atoms with Gasteiger partial charge in [0.15, 0.2) is 13.2 Å². The van der Waals surface area contributed by atoms with Gasteiger partial charge in [-0.15, -0.1) is 0 Å². The first-order valence-electron chi connectivity index (χ1n) is 3.03. The lowest BCUT2D eigenvalue weighted by Crippen LogP contribution is -2.17. The molecule has 0 aromatic rings. The number of halogens is 6. The van der Waals surface area contributed by atoms with Gasteiger partial charge in [0.1, 0.15) is 0 Å². The summed E-state index contributed by atoms with van der Waals surface area (Å²) in [5.74, 6) is 0. The summed E-state index contributed by atoms with van der Waals surface area (Å²) < 4.78 is 85.5. The normalized spacial score (nSPS) is 13.6. The van der Waals surface area contributed by atoms with Crippen molar-refractivity contribution in [1.29, 1.82) is 0 Å². The largest absolute Gasteiger partial charge is 0.412 e. The highest BCUT2D eigenvalue weighted by Gasteiger charge is 2.31. The van der Waals surface area contributed by atoms with Gasteiger partial charge >= 0.3 is 20.6 Å². The first-order chi connectivity index (χ1) is 6.10. The van der Waals surface area contributed by atoms with Crippen LogP contribution in [0.3, 0.4) is 0 Å². The fourth-order valence-electron chi connectivity index (χ4n) is 0.323. The third kappa shape index (κ3) is 9.82. The van der Waals surface area contributed by atoms with Crippen molar-refractivity contribution in [1.82, 2.24) is 0 Å². The van der Waals surface area contributed by atoms with E-state index in [0.717, 1.165) is 0 Å². The highest BCUT2D eigenvalue weighted by atomic mass is 31.1. The lowest BCUT2D eigenvalue weighted by Gasteiger charge is -2.09. The first-order valence-corrected chi connectivity index (χ1v) is 4.26. The molecule has 0 rings (SSSR count). The molecule has 0 aliphatic carbocycles. The fourth-order valence-corrected chi connectivity index (χ4v) is 0.970. The molecule has 0 aliphatic heterocycles. The standard InChI is InChI=1S/C4H5F6O3P/c5-3(6,7)1-12-14(11)13-2-4(8,9)10/h14H,1-2H2. The van der Waals surface area contributed by atoms with E-state index in [1.165, 1.54) is 0 Å². The van der Waals surface area contributed by atoms with E-state index in [2.05, 4.69) is 9.05 Å². The Hall–Kier alpha value is -0.270. The van der Waals surface area contributed by atoms with Crippen LogP contribution in [-0.2, 0) is 13.6 Å². The molecule has 0 aromatic heterocycles. The zero-order valence-electron chi connectivity index (χ0n) is 6.41. The first kappa shape index (κ1) is 13.7. The molecule has 0 spiro atoms. The summed E-state index contributed by atoms with van der Waals surface area (Å²) in [6.45, 7) is -3.80. The summed E-state index contributed by atoms with van der Waals surface area (Å²) in [6, 6.07) is 0. The molecule has 10 heteroatoms. The summed E-state index contributed by atoms with van der Waals surface area (Å²) in [4.78, 5) is 0. The van der Waals surface area contributed by atoms with E-state index < -0.39 is 33.8 Å². The summed E-state index contributed by atoms with van der Waals surface area (Å²) >= 11 is 0. The van der Waals surface area contributed by atoms with E-state index >= 15 is 0 Å². The SMILES string of the molecule is O=[PH](OCC(F)(F)F)OCC(F)(F)F. The van der Waals surface area contributed by atoms with E-state index in [-0.39, 0.29) is 0 Å². The van der Waals surface area contributed by atoms with E-state index in [1.54, 1.807) is 0 Å². The predicted octanol–water partition coefficient (Wildman–Crippen LogP) is 2.53. The van der Waals surface area contributed by atoms with E-state index in [4.69, 9.17) is 0 Å². The monoisotopic (exact) mass is 246 g/mol. The molecule has 0 N–H and O–H groups in total. The van der Waals surface area contributed by atoms with Crippen LogP contribution in [0, 0.1) is 0 Å². The van der Waals surface area contributed by atoms with Crippen LogP contribution < -0.4 is 0 Å². The van der Waals surface area contributed by atoms with Crippen molar-refractivity contribution in [3.05, 3.63) is 0 Å². The predicted molar refractivity (Wildman–Crippen MR) is 33.0 cm³/mol. The van der Waals surface area contributed by atoms with E-state index in [0.29, 0.717) is 0 Å². The average molecular weight is 246 g/mol. The second-order valence-electron chi connectivity index (χ2n) is 2.06. The molecule has 0 radical (unpaired) electrons. The zero-order valence-corrected chi connectivity index (χ0v) is 7.41. The highest BCUT2D eigenvalue weighted by molar-refractivity contribution is 7.33. The Morgan fingerprint density at radius 2 is 1.14 bits per heavy atom. The van der Waals surface area contributed by atoms with Gasteiger partial charge in [-0.3, -0.25) is 4.57 Å². The van der Waals surface area contributed by atoms with Gasteiger partial charge in [0.2, 0.25) is 0 Å². The molecule has 0 saturated heterocycles. The van der Waals surface area contributed by atoms with Crippen molar-refractivity contribution < 1.29 is 40.0 Å². The van der Waals surface area contributed by atoms with Crippen LogP contribution >= 0.6 is 8.25 Å². The van der Waals surface area contributed by atoms with Gasteiger partial charge in [-0.1, -0.05) is 0 Å². The van der Waals surface area contributed by atoms with E-state index in [9.17, 15) is 30.9 Å². The fraction of sp³-hybridized carbons (Fsp3) is 1.00. The van der Waals surface area contributed by atoms with Crippen molar-refractivity contribution in [3.8, 4) is 0 Å². The Bertz CT molecular complexity index is 178. The molecule has 3 nitrogen and oxygen atoms in total. The van der Waals surface area contributed by atoms with Crippen LogP contribution in [0.1, 0.15) is 0 Å². The Labute approximate surface area is 74.9 Å². The molecular weight excluding hydrogens is 241 g/mol. The summed E-state index contributed by atoms with van der Waals surface area (Å²) in [7, 11) is -3.75. The Morgan fingerprint density at radius 1 is 0.857 bits per heavy atom. The van der Waals surface area contributed by atoms with Crippen LogP contribution in [-0.4, -0.2) is 25.6 Å². The van der Waals surface area contributed by atoms with Crippen molar-refractivity contribution in [2.75, 3.05) is 13.2 Å². The minimum atomic E-state index is -4.75. The Morgan fingerprint density at radius 3 is 1.36 bits per heavy atom. The van der Waals surface area contributed by atoms with Crippen LogP contribution in [0.5, 0.6) is 0 Å². The van der Waals surface area contributed by atoms with Gasteiger partial charge in [-0.05, 0) is 0 Å². The second-order valence-corrected chi connectivity index (χ2v) is 3.14. The summed E-state index contributed by atoms with van der Waals surface area (Å²) in [5.41, 5.74) is 0. The number of hydrogen-bond acceptors (Lipinski definition) is 3. The summed E-state index contributed by atoms with van der Waals surface area (Å²) in [5, 5.41) is 0. The van der Waals surface area contributed by atoms with Gasteiger partial charge in [0, 0.05) is 0 Å². The minimum Gasteiger partial charge on any atom is -0.301 e. The third-order valence-electron chi connectivity index (χ3n) is 0.707. The Kier molecular flexibility index (Phi) is 4.90. The maximum Gasteiger partial charge on any atom is 0.412 e. The molecule has 0 unspecified atom stereocenters. The van der Waals surface area contributed by atoms with Crippen molar-refractivity contribution in [3.63, 3.8) is 0 Å². The second kappa shape index (κ2) is 4.99. The lowest BCUT2D eigenvalue weighted by atomic mass is 10.7. The number of hydrogen-bond donors (Lipinski definition) is 0. The molecule has 0 bridgehead atoms. The Balaban J connectivity index is 3.68. The smallest absolute Gasteiger partial charge is 0.301 e. The third-order valence-corrected chi connectivity index (χ3v) is 1.47. The highest BCUT2D eigenvalue weighted by Crippen LogP contribution is 2.30. The molecule has 0 heterocycles. The van der Waals surface area contributed by atoms with Crippen LogP contribution in [0.2, 0.25) is 0 Å². The van der Waals surface area contributed by atoms with Crippen LogP contribution in [0.15, 0.2) is 0 Å². The average Bonchev–Trinajstić information content (AvgIpc) is 1.94. The molecule has 14 heavy (non-hydrogen) atoms. The quantitative estimate of drug-likeness (QED) is 0.564. The number of rotatable bonds is 4. The molecule has 0 aromatic carbocycles. The van der Waals surface area contributed by atoms with Gasteiger partial charge in [0.05, 0.1) is 0 Å². The van der Waals surface area contributed by atoms with Crippen molar-refractivity contribution in [2.45, 2.75) is 12.4 Å². The van der Waals surface area contributed by atoms with Gasteiger partial charge < -0.3 is 9.05 Å². The molecule has 86 valence electrons. The molecule has 0 atom stereocenters. The van der Waals surface area contributed by atoms with E-state index in [1.807, 2.05) is 0 Å². The van der Waals surface area contributed by atoms with Gasteiger partial charge in [-0.25, -0.2) is 0 Å². The van der Waals surface area contributed by atoms with Crippen molar-refractivity contribution >= 4 is 8.25 Å². The zero-order chi connectivity index (χ0) is 11.4. The summed E-state index contributed by atoms with van der Waals surface area (Å²) in [6.07, 6.45) is -9.50. The van der Waals surface area contributed by atoms with Crippen LogP contribution in [0.4, 0.5) is 26.3 Å². The minimum absolute atomic E-state index is 1.90.